The zero-order valence-electron chi connectivity index (χ0n) is 16.3. The van der Waals surface area contributed by atoms with E-state index in [0.717, 1.165) is 12.8 Å². The standard InChI is InChI=1S/C20H22N4O5/c1-27-17-4-3-13(10-21-17)29-12-5-7-24(8-6-12)18-15(20(26)28-2)9-14-16(23-18)11-22-19(14)25/h3-4,9-10,12H,5-8,11H2,1-2H3,(H,22,25). The van der Waals surface area contributed by atoms with Crippen LogP contribution in [0.2, 0.25) is 0 Å². The number of fused-ring (bicyclic) bond motifs is 1. The van der Waals surface area contributed by atoms with Crippen molar-refractivity contribution in [3.8, 4) is 11.6 Å². The Morgan fingerprint density at radius 2 is 2.03 bits per heavy atom. The molecular formula is C20H22N4O5. The highest BCUT2D eigenvalue weighted by Gasteiger charge is 2.30. The minimum Gasteiger partial charge on any atom is -0.489 e. The van der Waals surface area contributed by atoms with Crippen molar-refractivity contribution in [1.29, 1.82) is 0 Å². The molecule has 0 bridgehead atoms. The molecule has 1 fully saturated rings. The molecule has 0 atom stereocenters. The number of esters is 1. The molecular weight excluding hydrogens is 376 g/mol. The maximum Gasteiger partial charge on any atom is 0.341 e. The number of methoxy groups -OCH3 is 2. The van der Waals surface area contributed by atoms with E-state index in [4.69, 9.17) is 14.2 Å². The first-order chi connectivity index (χ1) is 14.1. The van der Waals surface area contributed by atoms with Crippen molar-refractivity contribution in [3.05, 3.63) is 41.2 Å². The highest BCUT2D eigenvalue weighted by molar-refractivity contribution is 6.02. The van der Waals surface area contributed by atoms with E-state index < -0.39 is 5.97 Å². The number of piperidine rings is 1. The third-order valence-electron chi connectivity index (χ3n) is 5.11. The van der Waals surface area contributed by atoms with Crippen LogP contribution in [0.1, 0.15) is 39.3 Å². The van der Waals surface area contributed by atoms with E-state index in [1.807, 2.05) is 11.0 Å². The molecule has 0 aliphatic carbocycles. The van der Waals surface area contributed by atoms with E-state index >= 15 is 0 Å². The fourth-order valence-corrected chi connectivity index (χ4v) is 3.57. The molecule has 0 saturated carbocycles. The summed E-state index contributed by atoms with van der Waals surface area (Å²) >= 11 is 0. The summed E-state index contributed by atoms with van der Waals surface area (Å²) in [6, 6.07) is 5.17. The normalized spacial score (nSPS) is 16.2. The van der Waals surface area contributed by atoms with Crippen LogP contribution in [0.5, 0.6) is 11.6 Å². The van der Waals surface area contributed by atoms with Gasteiger partial charge in [-0.2, -0.15) is 0 Å². The second kappa shape index (κ2) is 7.94. The Balaban J connectivity index is 1.47. The molecule has 1 amide bonds. The highest BCUT2D eigenvalue weighted by Crippen LogP contribution is 2.28. The van der Waals surface area contributed by atoms with Gasteiger partial charge in [0, 0.05) is 32.0 Å². The van der Waals surface area contributed by atoms with Gasteiger partial charge in [-0.05, 0) is 12.1 Å². The number of nitrogens with zero attached hydrogens (tertiary/aromatic N) is 3. The fourth-order valence-electron chi connectivity index (χ4n) is 3.57. The van der Waals surface area contributed by atoms with Gasteiger partial charge in [0.25, 0.3) is 5.91 Å². The van der Waals surface area contributed by atoms with E-state index in [1.54, 1.807) is 25.4 Å². The number of ether oxygens (including phenoxy) is 3. The van der Waals surface area contributed by atoms with Crippen LogP contribution in [0.3, 0.4) is 0 Å². The van der Waals surface area contributed by atoms with Crippen molar-refractivity contribution in [1.82, 2.24) is 15.3 Å². The van der Waals surface area contributed by atoms with Crippen molar-refractivity contribution in [2.45, 2.75) is 25.5 Å². The SMILES string of the molecule is COC(=O)c1cc2c(nc1N1CCC(Oc3ccc(OC)nc3)CC1)CNC2=O. The lowest BCUT2D eigenvalue weighted by Crippen LogP contribution is -2.39. The summed E-state index contributed by atoms with van der Waals surface area (Å²) < 4.78 is 16.0. The lowest BCUT2D eigenvalue weighted by Gasteiger charge is -2.33. The largest absolute Gasteiger partial charge is 0.489 e. The predicted molar refractivity (Wildman–Crippen MR) is 103 cm³/mol. The Morgan fingerprint density at radius 3 is 2.69 bits per heavy atom. The number of rotatable bonds is 5. The molecule has 0 aromatic carbocycles. The quantitative estimate of drug-likeness (QED) is 0.757. The summed E-state index contributed by atoms with van der Waals surface area (Å²) in [5.74, 6) is 1.07. The van der Waals surface area contributed by atoms with Gasteiger partial charge in [-0.15, -0.1) is 0 Å². The van der Waals surface area contributed by atoms with Crippen LogP contribution >= 0.6 is 0 Å². The number of hydrogen-bond acceptors (Lipinski definition) is 8. The number of anilines is 1. The molecule has 2 aromatic rings. The average molecular weight is 398 g/mol. The molecule has 2 aromatic heterocycles. The van der Waals surface area contributed by atoms with Gasteiger partial charge in [0.05, 0.1) is 38.2 Å². The van der Waals surface area contributed by atoms with Gasteiger partial charge in [0.2, 0.25) is 5.88 Å². The van der Waals surface area contributed by atoms with E-state index in [2.05, 4.69) is 15.3 Å². The van der Waals surface area contributed by atoms with Gasteiger partial charge >= 0.3 is 5.97 Å². The lowest BCUT2D eigenvalue weighted by atomic mass is 10.1. The first kappa shape index (κ1) is 19.0. The van der Waals surface area contributed by atoms with Crippen LogP contribution in [-0.2, 0) is 11.3 Å². The Kier molecular flexibility index (Phi) is 5.20. The molecule has 9 heteroatoms. The van der Waals surface area contributed by atoms with E-state index in [-0.39, 0.29) is 12.0 Å². The van der Waals surface area contributed by atoms with E-state index in [1.165, 1.54) is 7.11 Å². The number of amides is 1. The fraction of sp³-hybridized carbons (Fsp3) is 0.400. The Bertz CT molecular complexity index is 923. The summed E-state index contributed by atoms with van der Waals surface area (Å²) in [5.41, 5.74) is 1.39. The van der Waals surface area contributed by atoms with Crippen molar-refractivity contribution >= 4 is 17.7 Å². The van der Waals surface area contributed by atoms with Gasteiger partial charge in [0.15, 0.2) is 0 Å². The second-order valence-electron chi connectivity index (χ2n) is 6.87. The molecule has 1 N–H and O–H groups in total. The van der Waals surface area contributed by atoms with Gasteiger partial charge < -0.3 is 24.4 Å². The van der Waals surface area contributed by atoms with Crippen molar-refractivity contribution in [3.63, 3.8) is 0 Å². The molecule has 9 nitrogen and oxygen atoms in total. The minimum absolute atomic E-state index is 0.0423. The number of nitrogens with one attached hydrogen (secondary N) is 1. The second-order valence-corrected chi connectivity index (χ2v) is 6.87. The first-order valence-electron chi connectivity index (χ1n) is 9.41. The number of carbonyl (C=O) groups is 2. The average Bonchev–Trinajstić information content (AvgIpc) is 3.13. The van der Waals surface area contributed by atoms with Crippen molar-refractivity contribution < 1.29 is 23.8 Å². The van der Waals surface area contributed by atoms with Crippen LogP contribution in [0, 0.1) is 0 Å². The molecule has 0 unspecified atom stereocenters. The number of pyridine rings is 2. The van der Waals surface area contributed by atoms with Gasteiger partial charge in [-0.3, -0.25) is 4.79 Å². The third kappa shape index (κ3) is 3.80. The predicted octanol–water partition coefficient (Wildman–Crippen LogP) is 1.56. The van der Waals surface area contributed by atoms with Gasteiger partial charge in [-0.1, -0.05) is 0 Å². The first-order valence-corrected chi connectivity index (χ1v) is 9.41. The third-order valence-corrected chi connectivity index (χ3v) is 5.11. The molecule has 2 aliphatic heterocycles. The zero-order valence-corrected chi connectivity index (χ0v) is 16.3. The Hall–Kier alpha value is -3.36. The van der Waals surface area contributed by atoms with Crippen LogP contribution in [-0.4, -0.2) is 55.3 Å². The van der Waals surface area contributed by atoms with Crippen molar-refractivity contribution in [2.24, 2.45) is 0 Å². The summed E-state index contributed by atoms with van der Waals surface area (Å²) in [7, 11) is 2.89. The van der Waals surface area contributed by atoms with Crippen LogP contribution in [0.25, 0.3) is 0 Å². The molecule has 2 aliphatic rings. The number of carbonyl (C=O) groups excluding carboxylic acids is 2. The van der Waals surface area contributed by atoms with Crippen molar-refractivity contribution in [2.75, 3.05) is 32.2 Å². The summed E-state index contributed by atoms with van der Waals surface area (Å²) in [6.45, 7) is 1.71. The molecule has 152 valence electrons. The molecule has 4 rings (SSSR count). The lowest BCUT2D eigenvalue weighted by molar-refractivity contribution is 0.0601. The summed E-state index contributed by atoms with van der Waals surface area (Å²) in [5, 5.41) is 2.73. The molecule has 0 spiro atoms. The highest BCUT2D eigenvalue weighted by atomic mass is 16.5. The molecule has 4 heterocycles. The maximum atomic E-state index is 12.3. The molecule has 0 radical (unpaired) electrons. The monoisotopic (exact) mass is 398 g/mol. The van der Waals surface area contributed by atoms with E-state index in [9.17, 15) is 9.59 Å². The van der Waals surface area contributed by atoms with Gasteiger partial charge in [0.1, 0.15) is 23.2 Å². The van der Waals surface area contributed by atoms with Crippen LogP contribution < -0.4 is 19.7 Å². The smallest absolute Gasteiger partial charge is 0.341 e. The summed E-state index contributed by atoms with van der Waals surface area (Å²) in [6.07, 6.45) is 3.22. The zero-order chi connectivity index (χ0) is 20.4. The molecule has 29 heavy (non-hydrogen) atoms. The molecule has 1 saturated heterocycles. The maximum absolute atomic E-state index is 12.3. The Labute approximate surface area is 168 Å². The number of hydrogen-bond donors (Lipinski definition) is 1. The number of aromatic nitrogens is 2. The van der Waals surface area contributed by atoms with E-state index in [0.29, 0.717) is 53.9 Å². The van der Waals surface area contributed by atoms with Gasteiger partial charge in [-0.25, -0.2) is 14.8 Å². The minimum atomic E-state index is -0.502. The topological polar surface area (TPSA) is 103 Å². The van der Waals surface area contributed by atoms with Crippen LogP contribution in [0.4, 0.5) is 5.82 Å². The van der Waals surface area contributed by atoms with Crippen LogP contribution in [0.15, 0.2) is 24.4 Å². The Morgan fingerprint density at radius 1 is 1.24 bits per heavy atom. The summed E-state index contributed by atoms with van der Waals surface area (Å²) in [4.78, 5) is 35.0.